The minimum Gasteiger partial charge on any atom is -0.308 e. The minimum absolute atomic E-state index is 0.0845. The topological polar surface area (TPSA) is 17.8 Å². The Morgan fingerprint density at radius 1 is 0.422 bits per heavy atom. The number of hydrogen-bond donors (Lipinski definition) is 0. The zero-order valence-electron chi connectivity index (χ0n) is 35.3. The highest BCUT2D eigenvalue weighted by molar-refractivity contribution is 7.26. The molecule has 3 aliphatic rings. The summed E-state index contributed by atoms with van der Waals surface area (Å²) in [6.07, 6.45) is 0. The van der Waals surface area contributed by atoms with Crippen LogP contribution in [0, 0.1) is 0 Å². The van der Waals surface area contributed by atoms with E-state index in [4.69, 9.17) is 4.98 Å². The number of rotatable bonds is 2. The van der Waals surface area contributed by atoms with Gasteiger partial charge in [0.25, 0.3) is 0 Å². The predicted molar refractivity (Wildman–Crippen MR) is 268 cm³/mol. The number of nitrogens with zero attached hydrogens (tertiary/aromatic N) is 2. The molecule has 0 unspecified atom stereocenters. The monoisotopic (exact) mass is 830 g/mol. The van der Waals surface area contributed by atoms with Gasteiger partial charge in [-0.25, -0.2) is 4.98 Å². The molecule has 0 amide bonds. The normalized spacial score (nSPS) is 14.7. The summed E-state index contributed by atoms with van der Waals surface area (Å²) in [5.41, 5.74) is 22.4. The summed E-state index contributed by atoms with van der Waals surface area (Å²) in [5, 5.41) is 6.17. The van der Waals surface area contributed by atoms with Gasteiger partial charge in [-0.3, -0.25) is 0 Å². The van der Waals surface area contributed by atoms with Crippen LogP contribution in [-0.2, 0) is 10.8 Å². The Hall–Kier alpha value is -7.59. The van der Waals surface area contributed by atoms with Crippen molar-refractivity contribution in [3.63, 3.8) is 0 Å². The quantitative estimate of drug-likeness (QED) is 0.159. The lowest BCUT2D eigenvalue weighted by Crippen LogP contribution is -2.25. The van der Waals surface area contributed by atoms with Crippen LogP contribution in [0.5, 0.6) is 0 Å². The molecule has 0 N–H and O–H groups in total. The van der Waals surface area contributed by atoms with Gasteiger partial charge < -0.3 is 4.57 Å². The van der Waals surface area contributed by atoms with Gasteiger partial charge >= 0.3 is 0 Å². The van der Waals surface area contributed by atoms with Crippen molar-refractivity contribution in [1.82, 2.24) is 9.55 Å². The molecule has 0 aliphatic heterocycles. The Bertz CT molecular complexity index is 4020. The van der Waals surface area contributed by atoms with E-state index in [-0.39, 0.29) is 5.41 Å². The molecule has 3 aliphatic carbocycles. The first-order chi connectivity index (χ1) is 31.5. The second kappa shape index (κ2) is 12.1. The van der Waals surface area contributed by atoms with Gasteiger partial charge in [-0.05, 0) is 121 Å². The summed E-state index contributed by atoms with van der Waals surface area (Å²) >= 11 is 1.91. The highest BCUT2D eigenvalue weighted by Crippen LogP contribution is 2.63. The molecule has 0 saturated heterocycles. The number of pyridine rings is 1. The van der Waals surface area contributed by atoms with Gasteiger partial charge in [0, 0.05) is 42.9 Å². The fourth-order valence-electron chi connectivity index (χ4n) is 12.5. The number of thiophene rings is 1. The van der Waals surface area contributed by atoms with Crippen molar-refractivity contribution in [2.45, 2.75) is 24.7 Å². The van der Waals surface area contributed by atoms with E-state index in [1.165, 1.54) is 114 Å². The molecule has 1 spiro atoms. The minimum atomic E-state index is -0.419. The van der Waals surface area contributed by atoms with Crippen molar-refractivity contribution in [2.24, 2.45) is 0 Å². The number of aromatic nitrogens is 2. The molecule has 0 bridgehead atoms. The Morgan fingerprint density at radius 3 is 1.73 bits per heavy atom. The zero-order valence-corrected chi connectivity index (χ0v) is 36.1. The molecular formula is C61H38N2S. The second-order valence-corrected chi connectivity index (χ2v) is 19.6. The van der Waals surface area contributed by atoms with Crippen LogP contribution in [0.15, 0.2) is 194 Å². The highest BCUT2D eigenvalue weighted by atomic mass is 32.1. The fraction of sp³-hybridized carbons (Fsp3) is 0.0656. The summed E-state index contributed by atoms with van der Waals surface area (Å²) in [6, 6.07) is 73.0. The van der Waals surface area contributed by atoms with E-state index < -0.39 is 5.41 Å². The molecule has 12 aromatic rings. The summed E-state index contributed by atoms with van der Waals surface area (Å²) in [4.78, 5) is 5.58. The third kappa shape index (κ3) is 4.19. The van der Waals surface area contributed by atoms with Gasteiger partial charge in [0.05, 0.1) is 32.4 Å². The predicted octanol–water partition coefficient (Wildman–Crippen LogP) is 16.0. The lowest BCUT2D eigenvalue weighted by atomic mass is 9.70. The first kappa shape index (κ1) is 34.9. The van der Waals surface area contributed by atoms with E-state index >= 15 is 0 Å². The largest absolute Gasteiger partial charge is 0.308 e. The zero-order chi connectivity index (χ0) is 42.1. The molecule has 298 valence electrons. The van der Waals surface area contributed by atoms with Crippen molar-refractivity contribution in [3.8, 4) is 50.3 Å². The molecule has 3 heterocycles. The molecular weight excluding hydrogens is 793 g/mol. The van der Waals surface area contributed by atoms with Crippen molar-refractivity contribution >= 4 is 64.2 Å². The van der Waals surface area contributed by atoms with Gasteiger partial charge in [-0.2, -0.15) is 0 Å². The van der Waals surface area contributed by atoms with Crippen LogP contribution < -0.4 is 0 Å². The average molecular weight is 831 g/mol. The lowest BCUT2D eigenvalue weighted by molar-refractivity contribution is 0.661. The Kier molecular flexibility index (Phi) is 6.61. The van der Waals surface area contributed by atoms with Crippen LogP contribution in [-0.4, -0.2) is 9.55 Å². The molecule has 0 saturated carbocycles. The first-order valence-corrected chi connectivity index (χ1v) is 23.2. The van der Waals surface area contributed by atoms with E-state index in [0.29, 0.717) is 0 Å². The molecule has 0 atom stereocenters. The maximum absolute atomic E-state index is 5.58. The molecule has 2 nitrogen and oxygen atoms in total. The second-order valence-electron chi connectivity index (χ2n) is 18.6. The lowest BCUT2D eigenvalue weighted by Gasteiger charge is -2.30. The van der Waals surface area contributed by atoms with Gasteiger partial charge in [0.1, 0.15) is 0 Å². The number of fused-ring (bicyclic) bond motifs is 21. The van der Waals surface area contributed by atoms with E-state index in [9.17, 15) is 0 Å². The summed E-state index contributed by atoms with van der Waals surface area (Å²) in [6.45, 7) is 4.76. The van der Waals surface area contributed by atoms with Crippen LogP contribution in [0.1, 0.15) is 47.2 Å². The van der Waals surface area contributed by atoms with Gasteiger partial charge in [-0.1, -0.05) is 159 Å². The number of hydrogen-bond acceptors (Lipinski definition) is 2. The molecule has 3 aromatic heterocycles. The van der Waals surface area contributed by atoms with E-state index in [2.05, 4.69) is 213 Å². The molecule has 15 rings (SSSR count). The standard InChI is InChI=1S/C61H38N2S/c1-60(2)48-24-9-3-20-39(48)45-34-55-47(33-52(45)60)59-58(42-23-8-14-29-56(42)64-59)63(55)36-17-15-16-35(30-36)57-46-31-44-40-21-6-12-27-51(40)61(53(44)32-43(46)41-22-7-13-28-54(41)62-57)49-25-10-4-18-37(49)38-19-5-11-26-50(38)61/h3-34H,1-2H3. The van der Waals surface area contributed by atoms with E-state index in [1.807, 2.05) is 11.3 Å². The third-order valence-electron chi connectivity index (χ3n) is 15.2. The average Bonchev–Trinajstić information content (AvgIpc) is 4.10. The van der Waals surface area contributed by atoms with Gasteiger partial charge in [-0.15, -0.1) is 11.3 Å². The maximum Gasteiger partial charge on any atom is 0.0789 e. The smallest absolute Gasteiger partial charge is 0.0789 e. The summed E-state index contributed by atoms with van der Waals surface area (Å²) in [5.74, 6) is 0. The first-order valence-electron chi connectivity index (χ1n) is 22.4. The number of para-hydroxylation sites is 1. The van der Waals surface area contributed by atoms with Crippen LogP contribution in [0.4, 0.5) is 0 Å². The Balaban J connectivity index is 1.01. The van der Waals surface area contributed by atoms with Crippen LogP contribution in [0.3, 0.4) is 0 Å². The fourth-order valence-corrected chi connectivity index (χ4v) is 13.7. The Labute approximate surface area is 374 Å². The molecule has 0 radical (unpaired) electrons. The van der Waals surface area contributed by atoms with Gasteiger partial charge in [0.15, 0.2) is 0 Å². The molecule has 3 heteroatoms. The SMILES string of the molecule is CC1(C)c2ccccc2-c2cc3c(cc21)c1sc2ccccc2c1n3-c1cccc(-c2nc3ccccc3c3cc4c(cc23)-c2ccccc2C42c3ccccc3-c3ccccc32)c1. The van der Waals surface area contributed by atoms with Crippen LogP contribution in [0.25, 0.3) is 103 Å². The van der Waals surface area contributed by atoms with Crippen molar-refractivity contribution < 1.29 is 0 Å². The third-order valence-corrected chi connectivity index (χ3v) is 16.4. The van der Waals surface area contributed by atoms with Crippen molar-refractivity contribution in [3.05, 3.63) is 228 Å². The summed E-state index contributed by atoms with van der Waals surface area (Å²) < 4.78 is 5.18. The highest BCUT2D eigenvalue weighted by Gasteiger charge is 2.51. The Morgan fingerprint density at radius 2 is 1.00 bits per heavy atom. The molecule has 9 aromatic carbocycles. The van der Waals surface area contributed by atoms with Crippen LogP contribution in [0.2, 0.25) is 0 Å². The maximum atomic E-state index is 5.58. The van der Waals surface area contributed by atoms with Crippen molar-refractivity contribution in [2.75, 3.05) is 0 Å². The van der Waals surface area contributed by atoms with Crippen molar-refractivity contribution in [1.29, 1.82) is 0 Å². The van der Waals surface area contributed by atoms with Crippen LogP contribution >= 0.6 is 11.3 Å². The molecule has 0 fully saturated rings. The van der Waals surface area contributed by atoms with E-state index in [1.54, 1.807) is 0 Å². The summed E-state index contributed by atoms with van der Waals surface area (Å²) in [7, 11) is 0. The number of benzene rings is 9. The van der Waals surface area contributed by atoms with Gasteiger partial charge in [0.2, 0.25) is 0 Å². The van der Waals surface area contributed by atoms with E-state index in [0.717, 1.165) is 22.5 Å². The molecule has 64 heavy (non-hydrogen) atoms.